The summed E-state index contributed by atoms with van der Waals surface area (Å²) in [7, 11) is 0. The molecule has 208 valence electrons. The first-order chi connectivity index (χ1) is 19.8. The fourth-order valence-corrected chi connectivity index (χ4v) is 7.08. The zero-order chi connectivity index (χ0) is 28.7. The van der Waals surface area contributed by atoms with Gasteiger partial charge in [0.1, 0.15) is 6.04 Å². The molecular weight excluding hydrogens is 540 g/mol. The monoisotopic (exact) mass is 568 g/mol. The number of hydrogen-bond acceptors (Lipinski definition) is 6. The Labute approximate surface area is 241 Å². The van der Waals surface area contributed by atoms with Crippen molar-refractivity contribution in [2.75, 3.05) is 12.1 Å². The standard InChI is InChI=1S/C32H28N2O6S/c1-18-8-6-7-11-22(18)29(35)25-26(30-19(2)14-15-41-30)28(31(36)37)34(32(38)33-21-9-4-3-5-10-21)27(25)20-12-13-23-24(16-20)40-17-39-23/h3-16,25-28H,17H2,1-2H3,(H,33,38)(H,36,37). The summed E-state index contributed by atoms with van der Waals surface area (Å²) >= 11 is 1.40. The first-order valence-electron chi connectivity index (χ1n) is 13.3. The number of thiophene rings is 1. The molecule has 3 aromatic carbocycles. The molecule has 3 heterocycles. The Morgan fingerprint density at radius 3 is 2.34 bits per heavy atom. The summed E-state index contributed by atoms with van der Waals surface area (Å²) in [4.78, 5) is 43.9. The topological polar surface area (TPSA) is 105 Å². The Bertz CT molecular complexity index is 1630. The predicted molar refractivity (Wildman–Crippen MR) is 155 cm³/mol. The van der Waals surface area contributed by atoms with Gasteiger partial charge in [-0.3, -0.25) is 4.79 Å². The van der Waals surface area contributed by atoms with E-state index >= 15 is 0 Å². The third-order valence-electron chi connectivity index (χ3n) is 7.84. The Kier molecular flexibility index (Phi) is 6.96. The minimum absolute atomic E-state index is 0.0575. The van der Waals surface area contributed by atoms with Crippen LogP contribution < -0.4 is 14.8 Å². The number of aryl methyl sites for hydroxylation is 2. The molecule has 1 saturated heterocycles. The summed E-state index contributed by atoms with van der Waals surface area (Å²) in [6, 6.07) is 20.5. The SMILES string of the molecule is Cc1ccccc1C(=O)C1C(c2sccc2C)C(C(=O)O)N(C(=O)Nc2ccccc2)C1c1ccc2c(c1)OCO2. The van der Waals surface area contributed by atoms with E-state index in [1.54, 1.807) is 54.6 Å². The van der Waals surface area contributed by atoms with E-state index < -0.39 is 35.9 Å². The van der Waals surface area contributed by atoms with Gasteiger partial charge in [0.15, 0.2) is 17.3 Å². The highest BCUT2D eigenvalue weighted by Crippen LogP contribution is 2.54. The molecule has 4 unspecified atom stereocenters. The van der Waals surface area contributed by atoms with E-state index in [2.05, 4.69) is 5.32 Å². The first kappa shape index (κ1) is 26.6. The van der Waals surface area contributed by atoms with Gasteiger partial charge < -0.3 is 24.8 Å². The van der Waals surface area contributed by atoms with Crippen LogP contribution in [0.4, 0.5) is 10.5 Å². The molecular formula is C32H28N2O6S. The normalized spacial score (nSPS) is 21.1. The van der Waals surface area contributed by atoms with Gasteiger partial charge in [-0.05, 0) is 66.2 Å². The van der Waals surface area contributed by atoms with Gasteiger partial charge in [-0.2, -0.15) is 0 Å². The number of urea groups is 1. The van der Waals surface area contributed by atoms with Gasteiger partial charge in [0, 0.05) is 22.0 Å². The number of para-hydroxylation sites is 1. The van der Waals surface area contributed by atoms with Crippen LogP contribution in [-0.2, 0) is 4.79 Å². The molecule has 1 fully saturated rings. The Morgan fingerprint density at radius 1 is 0.902 bits per heavy atom. The van der Waals surface area contributed by atoms with Gasteiger partial charge >= 0.3 is 12.0 Å². The van der Waals surface area contributed by atoms with Crippen molar-refractivity contribution in [1.82, 2.24) is 4.90 Å². The number of benzene rings is 3. The van der Waals surface area contributed by atoms with E-state index in [0.717, 1.165) is 16.0 Å². The number of likely N-dealkylation sites (tertiary alicyclic amines) is 1. The lowest BCUT2D eigenvalue weighted by Gasteiger charge is -2.30. The molecule has 0 bridgehead atoms. The largest absolute Gasteiger partial charge is 0.480 e. The number of rotatable bonds is 6. The molecule has 41 heavy (non-hydrogen) atoms. The van der Waals surface area contributed by atoms with Crippen molar-refractivity contribution in [2.45, 2.75) is 31.8 Å². The van der Waals surface area contributed by atoms with Crippen LogP contribution >= 0.6 is 11.3 Å². The molecule has 2 N–H and O–H groups in total. The minimum atomic E-state index is -1.32. The smallest absolute Gasteiger partial charge is 0.327 e. The average Bonchev–Trinajstić information content (AvgIpc) is 3.69. The van der Waals surface area contributed by atoms with Crippen LogP contribution in [0.5, 0.6) is 11.5 Å². The zero-order valence-electron chi connectivity index (χ0n) is 22.4. The number of carbonyl (C=O) groups excluding carboxylic acids is 2. The Morgan fingerprint density at radius 2 is 1.63 bits per heavy atom. The number of fused-ring (bicyclic) bond motifs is 1. The molecule has 0 saturated carbocycles. The molecule has 2 amide bonds. The van der Waals surface area contributed by atoms with Gasteiger partial charge in [-0.1, -0.05) is 48.5 Å². The van der Waals surface area contributed by atoms with Crippen molar-refractivity contribution in [3.05, 3.63) is 111 Å². The predicted octanol–water partition coefficient (Wildman–Crippen LogP) is 6.42. The van der Waals surface area contributed by atoms with Gasteiger partial charge in [-0.15, -0.1) is 11.3 Å². The van der Waals surface area contributed by atoms with Crippen LogP contribution in [0.1, 0.15) is 43.9 Å². The molecule has 1 aromatic heterocycles. The zero-order valence-corrected chi connectivity index (χ0v) is 23.3. The van der Waals surface area contributed by atoms with Crippen molar-refractivity contribution in [1.29, 1.82) is 0 Å². The summed E-state index contributed by atoms with van der Waals surface area (Å²) in [5.41, 5.74) is 3.26. The lowest BCUT2D eigenvalue weighted by atomic mass is 9.77. The molecule has 8 nitrogen and oxygen atoms in total. The second-order valence-corrected chi connectivity index (χ2v) is 11.2. The lowest BCUT2D eigenvalue weighted by molar-refractivity contribution is -0.142. The molecule has 4 aromatic rings. The van der Waals surface area contributed by atoms with E-state index in [0.29, 0.717) is 28.3 Å². The molecule has 6 rings (SSSR count). The number of hydrogen-bond donors (Lipinski definition) is 2. The number of Topliss-reactive ketones (excluding diaryl/α,β-unsaturated/α-hetero) is 1. The maximum atomic E-state index is 14.6. The van der Waals surface area contributed by atoms with Gasteiger partial charge in [-0.25, -0.2) is 9.59 Å². The van der Waals surface area contributed by atoms with Crippen LogP contribution in [0.2, 0.25) is 0 Å². The number of carbonyl (C=O) groups is 3. The number of ketones is 1. The number of aliphatic carboxylic acids is 1. The second-order valence-electron chi connectivity index (χ2n) is 10.2. The third kappa shape index (κ3) is 4.72. The molecule has 0 spiro atoms. The van der Waals surface area contributed by atoms with Gasteiger partial charge in [0.25, 0.3) is 0 Å². The van der Waals surface area contributed by atoms with E-state index in [1.165, 1.54) is 16.2 Å². The number of anilines is 1. The molecule has 0 radical (unpaired) electrons. The van der Waals surface area contributed by atoms with Crippen molar-refractivity contribution >= 4 is 34.8 Å². The maximum absolute atomic E-state index is 14.6. The molecule has 2 aliphatic heterocycles. The van der Waals surface area contributed by atoms with Gasteiger partial charge in [0.2, 0.25) is 6.79 Å². The number of nitrogens with zero attached hydrogens (tertiary/aromatic N) is 1. The van der Waals surface area contributed by atoms with Crippen LogP contribution in [0, 0.1) is 19.8 Å². The molecule has 9 heteroatoms. The van der Waals surface area contributed by atoms with Gasteiger partial charge in [0.05, 0.1) is 12.0 Å². The van der Waals surface area contributed by atoms with E-state index in [1.807, 2.05) is 43.5 Å². The summed E-state index contributed by atoms with van der Waals surface area (Å²) in [5, 5.41) is 15.5. The number of amides is 2. The summed E-state index contributed by atoms with van der Waals surface area (Å²) in [5.74, 6) is -2.06. The van der Waals surface area contributed by atoms with Crippen molar-refractivity contribution in [3.8, 4) is 11.5 Å². The third-order valence-corrected chi connectivity index (χ3v) is 8.96. The maximum Gasteiger partial charge on any atom is 0.327 e. The highest BCUT2D eigenvalue weighted by molar-refractivity contribution is 7.10. The Balaban J connectivity index is 1.57. The minimum Gasteiger partial charge on any atom is -0.480 e. The first-order valence-corrected chi connectivity index (χ1v) is 14.1. The summed E-state index contributed by atoms with van der Waals surface area (Å²) in [6.45, 7) is 3.82. The highest BCUT2D eigenvalue weighted by Gasteiger charge is 2.58. The van der Waals surface area contributed by atoms with Crippen LogP contribution in [0.25, 0.3) is 0 Å². The van der Waals surface area contributed by atoms with E-state index in [-0.39, 0.29) is 12.6 Å². The fourth-order valence-electron chi connectivity index (χ4n) is 5.98. The molecule has 0 aliphatic carbocycles. The summed E-state index contributed by atoms with van der Waals surface area (Å²) < 4.78 is 11.2. The van der Waals surface area contributed by atoms with Crippen molar-refractivity contribution in [2.24, 2.45) is 5.92 Å². The van der Waals surface area contributed by atoms with Crippen molar-refractivity contribution < 1.29 is 29.0 Å². The molecule has 2 aliphatic rings. The average molecular weight is 569 g/mol. The van der Waals surface area contributed by atoms with Crippen LogP contribution in [-0.4, -0.2) is 40.6 Å². The highest BCUT2D eigenvalue weighted by atomic mass is 32.1. The molecule has 4 atom stereocenters. The quantitative estimate of drug-likeness (QED) is 0.260. The lowest BCUT2D eigenvalue weighted by Crippen LogP contribution is -2.45. The number of carboxylic acids is 1. The Hall–Kier alpha value is -4.63. The number of nitrogens with one attached hydrogen (secondary N) is 1. The fraction of sp³-hybridized carbons (Fsp3) is 0.219. The van der Waals surface area contributed by atoms with Crippen LogP contribution in [0.15, 0.2) is 84.2 Å². The van der Waals surface area contributed by atoms with Crippen LogP contribution in [0.3, 0.4) is 0 Å². The second kappa shape index (κ2) is 10.7. The van der Waals surface area contributed by atoms with Crippen molar-refractivity contribution in [3.63, 3.8) is 0 Å². The number of ether oxygens (including phenoxy) is 2. The summed E-state index contributed by atoms with van der Waals surface area (Å²) in [6.07, 6.45) is 0. The van der Waals surface area contributed by atoms with E-state index in [9.17, 15) is 19.5 Å². The number of carboxylic acid groups (broad SMARTS) is 1. The van der Waals surface area contributed by atoms with E-state index in [4.69, 9.17) is 9.47 Å².